The van der Waals surface area contributed by atoms with Crippen LogP contribution in [0.1, 0.15) is 0 Å². The number of fused-ring (bicyclic) bond motifs is 1. The maximum atomic E-state index is 11.4. The normalized spacial score (nSPS) is 10.9. The van der Waals surface area contributed by atoms with Crippen LogP contribution in [0.4, 0.5) is 0 Å². The van der Waals surface area contributed by atoms with Crippen LogP contribution in [0.15, 0.2) is 121 Å². The van der Waals surface area contributed by atoms with E-state index in [9.17, 15) is 15.5 Å². The third kappa shape index (κ3) is 3.53. The van der Waals surface area contributed by atoms with E-state index in [1.54, 1.807) is 0 Å². The molecule has 176 valence electrons. The van der Waals surface area contributed by atoms with E-state index in [0.717, 1.165) is 49.1 Å². The standard InChI is InChI=1S/C33H22N2O2/c34-21-35-32(36)30-28(24-17-9-3-10-18-24)26(22-13-5-1-6-14-22)27(23-15-7-2-8-16-23)29(31(30)33(35)37)25-19-11-4-12-20-25/h1-20,36-37H. The van der Waals surface area contributed by atoms with E-state index in [1.807, 2.05) is 128 Å². The van der Waals surface area contributed by atoms with Crippen LogP contribution in [0, 0.1) is 11.5 Å². The van der Waals surface area contributed by atoms with Crippen molar-refractivity contribution in [2.75, 3.05) is 0 Å². The summed E-state index contributed by atoms with van der Waals surface area (Å²) in [6.07, 6.45) is 1.95. The maximum absolute atomic E-state index is 11.4. The Bertz CT molecular complexity index is 1640. The monoisotopic (exact) mass is 478 g/mol. The van der Waals surface area contributed by atoms with Crippen LogP contribution in [-0.4, -0.2) is 14.8 Å². The van der Waals surface area contributed by atoms with Crippen LogP contribution >= 0.6 is 0 Å². The maximum Gasteiger partial charge on any atom is 0.216 e. The highest BCUT2D eigenvalue weighted by molar-refractivity contribution is 6.21. The molecule has 37 heavy (non-hydrogen) atoms. The van der Waals surface area contributed by atoms with Crippen LogP contribution in [-0.2, 0) is 0 Å². The summed E-state index contributed by atoms with van der Waals surface area (Å²) in [7, 11) is 0. The van der Waals surface area contributed by atoms with Crippen molar-refractivity contribution >= 4 is 10.8 Å². The van der Waals surface area contributed by atoms with Crippen molar-refractivity contribution in [1.29, 1.82) is 5.26 Å². The van der Waals surface area contributed by atoms with Crippen LogP contribution < -0.4 is 0 Å². The second-order valence-electron chi connectivity index (χ2n) is 8.80. The topological polar surface area (TPSA) is 69.2 Å². The van der Waals surface area contributed by atoms with E-state index in [1.165, 1.54) is 0 Å². The van der Waals surface area contributed by atoms with Crippen molar-refractivity contribution < 1.29 is 10.2 Å². The summed E-state index contributed by atoms with van der Waals surface area (Å²) in [6, 6.07) is 39.7. The van der Waals surface area contributed by atoms with Crippen molar-refractivity contribution in [2.45, 2.75) is 0 Å². The summed E-state index contributed by atoms with van der Waals surface area (Å²) in [5.74, 6) is -0.578. The zero-order valence-corrected chi connectivity index (χ0v) is 19.8. The first-order chi connectivity index (χ1) is 18.2. The average Bonchev–Trinajstić information content (AvgIpc) is 3.22. The molecule has 5 aromatic carbocycles. The molecule has 0 aliphatic carbocycles. The number of benzene rings is 5. The smallest absolute Gasteiger partial charge is 0.216 e. The highest BCUT2D eigenvalue weighted by atomic mass is 16.3. The number of rotatable bonds is 4. The van der Waals surface area contributed by atoms with Gasteiger partial charge < -0.3 is 10.2 Å². The molecule has 0 radical (unpaired) electrons. The van der Waals surface area contributed by atoms with Gasteiger partial charge in [0.2, 0.25) is 11.8 Å². The van der Waals surface area contributed by atoms with Gasteiger partial charge in [-0.2, -0.15) is 9.83 Å². The van der Waals surface area contributed by atoms with Crippen molar-refractivity contribution in [3.8, 4) is 62.5 Å². The molecule has 1 aromatic heterocycles. The molecule has 1 heterocycles. The molecule has 6 rings (SSSR count). The fourth-order valence-electron chi connectivity index (χ4n) is 5.19. The Morgan fingerprint density at radius 3 is 0.973 bits per heavy atom. The molecular weight excluding hydrogens is 456 g/mol. The molecule has 0 saturated heterocycles. The fraction of sp³-hybridized carbons (Fsp3) is 0. The Morgan fingerprint density at radius 1 is 0.432 bits per heavy atom. The van der Waals surface area contributed by atoms with E-state index < -0.39 is 0 Å². The average molecular weight is 479 g/mol. The molecule has 0 aliphatic heterocycles. The lowest BCUT2D eigenvalue weighted by Crippen LogP contribution is -1.96. The summed E-state index contributed by atoms with van der Waals surface area (Å²) in [6.45, 7) is 0. The molecule has 6 aromatic rings. The van der Waals surface area contributed by atoms with Gasteiger partial charge in [0.15, 0.2) is 6.19 Å². The number of aromatic nitrogens is 1. The molecule has 0 saturated carbocycles. The number of aromatic hydroxyl groups is 2. The molecule has 0 unspecified atom stereocenters. The van der Waals surface area contributed by atoms with Gasteiger partial charge in [-0.05, 0) is 33.4 Å². The van der Waals surface area contributed by atoms with Crippen molar-refractivity contribution in [3.05, 3.63) is 121 Å². The first kappa shape index (κ1) is 22.2. The van der Waals surface area contributed by atoms with Gasteiger partial charge in [0, 0.05) is 11.1 Å². The zero-order chi connectivity index (χ0) is 25.4. The molecule has 4 nitrogen and oxygen atoms in total. The van der Waals surface area contributed by atoms with E-state index in [-0.39, 0.29) is 11.8 Å². The Kier molecular flexibility index (Phi) is 5.44. The summed E-state index contributed by atoms with van der Waals surface area (Å²) in [5.41, 5.74) is 6.99. The van der Waals surface area contributed by atoms with Gasteiger partial charge in [0.1, 0.15) is 0 Å². The molecule has 0 bridgehead atoms. The first-order valence-corrected chi connectivity index (χ1v) is 12.0. The fourth-order valence-corrected chi connectivity index (χ4v) is 5.19. The molecule has 4 heteroatoms. The second kappa shape index (κ2) is 9.07. The van der Waals surface area contributed by atoms with Crippen molar-refractivity contribution in [1.82, 2.24) is 4.57 Å². The molecular formula is C33H22N2O2. The minimum Gasteiger partial charge on any atom is -0.493 e. The van der Waals surface area contributed by atoms with Crippen LogP contribution in [0.5, 0.6) is 11.8 Å². The number of nitriles is 1. The lowest BCUT2D eigenvalue weighted by atomic mass is 9.80. The predicted molar refractivity (Wildman–Crippen MR) is 148 cm³/mol. The van der Waals surface area contributed by atoms with E-state index in [0.29, 0.717) is 10.8 Å². The van der Waals surface area contributed by atoms with Crippen LogP contribution in [0.3, 0.4) is 0 Å². The molecule has 2 N–H and O–H groups in total. The van der Waals surface area contributed by atoms with Gasteiger partial charge in [-0.15, -0.1) is 0 Å². The lowest BCUT2D eigenvalue weighted by Gasteiger charge is -2.22. The van der Waals surface area contributed by atoms with Gasteiger partial charge in [-0.25, -0.2) is 0 Å². The Hall–Kier alpha value is -5.27. The molecule has 0 amide bonds. The lowest BCUT2D eigenvalue weighted by molar-refractivity contribution is 0.408. The SMILES string of the molecule is N#Cn1c(O)c2c(-c3ccccc3)c(-c3ccccc3)c(-c3ccccc3)c(-c3ccccc3)c2c1O. The molecule has 0 atom stereocenters. The quantitative estimate of drug-likeness (QED) is 0.269. The summed E-state index contributed by atoms with van der Waals surface area (Å²) < 4.78 is 0.896. The predicted octanol–water partition coefficient (Wildman–Crippen LogP) is 8.05. The Labute approximate surface area is 214 Å². The van der Waals surface area contributed by atoms with Crippen LogP contribution in [0.25, 0.3) is 55.3 Å². The molecule has 0 spiro atoms. The van der Waals surface area contributed by atoms with E-state index in [2.05, 4.69) is 0 Å². The summed E-state index contributed by atoms with van der Waals surface area (Å²) >= 11 is 0. The number of hydrogen-bond acceptors (Lipinski definition) is 3. The summed E-state index contributed by atoms with van der Waals surface area (Å²) in [5, 5.41) is 33.5. The van der Waals surface area contributed by atoms with Gasteiger partial charge >= 0.3 is 0 Å². The van der Waals surface area contributed by atoms with Gasteiger partial charge in [-0.1, -0.05) is 121 Å². The minimum atomic E-state index is -0.289. The molecule has 0 fully saturated rings. The molecule has 0 aliphatic rings. The third-order valence-corrected chi connectivity index (χ3v) is 6.72. The first-order valence-electron chi connectivity index (χ1n) is 12.0. The highest BCUT2D eigenvalue weighted by Gasteiger charge is 2.30. The van der Waals surface area contributed by atoms with Gasteiger partial charge in [-0.3, -0.25) is 0 Å². The van der Waals surface area contributed by atoms with E-state index in [4.69, 9.17) is 0 Å². The van der Waals surface area contributed by atoms with Gasteiger partial charge in [0.05, 0.1) is 10.8 Å². The Balaban J connectivity index is 1.97. The third-order valence-electron chi connectivity index (χ3n) is 6.72. The second-order valence-corrected chi connectivity index (χ2v) is 8.80. The largest absolute Gasteiger partial charge is 0.493 e. The van der Waals surface area contributed by atoms with E-state index >= 15 is 0 Å². The van der Waals surface area contributed by atoms with Crippen molar-refractivity contribution in [3.63, 3.8) is 0 Å². The minimum absolute atomic E-state index is 0.289. The highest BCUT2D eigenvalue weighted by Crippen LogP contribution is 2.55. The van der Waals surface area contributed by atoms with Crippen LogP contribution in [0.2, 0.25) is 0 Å². The van der Waals surface area contributed by atoms with Crippen molar-refractivity contribution in [2.24, 2.45) is 0 Å². The summed E-state index contributed by atoms with van der Waals surface area (Å²) in [4.78, 5) is 0. The number of hydrogen-bond donors (Lipinski definition) is 2. The number of nitrogens with zero attached hydrogens (tertiary/aromatic N) is 2. The Morgan fingerprint density at radius 2 is 0.703 bits per heavy atom. The van der Waals surface area contributed by atoms with Gasteiger partial charge in [0.25, 0.3) is 0 Å². The zero-order valence-electron chi connectivity index (χ0n) is 19.8.